The zero-order valence-electron chi connectivity index (χ0n) is 10.8. The standard InChI is InChI=1S/C13H19N3O2/c1-3-7-16-13(14-9-15-16)8-11(17)12-6-5-10(4-2)18-12/h5-6,9,11,17H,3-4,7-8H2,1-2H3. The first-order valence-electron chi connectivity index (χ1n) is 6.38. The molecule has 0 fully saturated rings. The molecule has 18 heavy (non-hydrogen) atoms. The lowest BCUT2D eigenvalue weighted by Gasteiger charge is -2.08. The lowest BCUT2D eigenvalue weighted by molar-refractivity contribution is 0.144. The molecule has 0 aliphatic heterocycles. The van der Waals surface area contributed by atoms with Gasteiger partial charge in [-0.05, 0) is 18.6 Å². The van der Waals surface area contributed by atoms with Crippen molar-refractivity contribution in [3.8, 4) is 0 Å². The molecule has 0 saturated carbocycles. The van der Waals surface area contributed by atoms with Crippen molar-refractivity contribution in [2.75, 3.05) is 0 Å². The zero-order valence-corrected chi connectivity index (χ0v) is 10.8. The average molecular weight is 249 g/mol. The molecule has 1 atom stereocenters. The Bertz CT molecular complexity index is 490. The van der Waals surface area contributed by atoms with Crippen molar-refractivity contribution in [1.82, 2.24) is 14.8 Å². The van der Waals surface area contributed by atoms with Crippen LogP contribution in [0.4, 0.5) is 0 Å². The van der Waals surface area contributed by atoms with Crippen LogP contribution in [0.15, 0.2) is 22.9 Å². The lowest BCUT2D eigenvalue weighted by atomic mass is 10.2. The Labute approximate surface area is 106 Å². The van der Waals surface area contributed by atoms with Gasteiger partial charge in [0, 0.05) is 19.4 Å². The molecule has 0 bridgehead atoms. The summed E-state index contributed by atoms with van der Waals surface area (Å²) in [7, 11) is 0. The minimum atomic E-state index is -0.662. The Morgan fingerprint density at radius 3 is 2.89 bits per heavy atom. The normalized spacial score (nSPS) is 12.8. The number of aliphatic hydroxyl groups is 1. The second kappa shape index (κ2) is 5.82. The Hall–Kier alpha value is -1.62. The summed E-state index contributed by atoms with van der Waals surface area (Å²) in [6.07, 6.45) is 3.12. The molecule has 98 valence electrons. The van der Waals surface area contributed by atoms with Crippen LogP contribution >= 0.6 is 0 Å². The van der Waals surface area contributed by atoms with E-state index in [1.807, 2.05) is 23.7 Å². The molecule has 2 aromatic heterocycles. The van der Waals surface area contributed by atoms with Gasteiger partial charge < -0.3 is 9.52 Å². The topological polar surface area (TPSA) is 64.1 Å². The van der Waals surface area contributed by atoms with Gasteiger partial charge in [0.05, 0.1) is 0 Å². The van der Waals surface area contributed by atoms with E-state index < -0.39 is 6.10 Å². The predicted molar refractivity (Wildman–Crippen MR) is 67.1 cm³/mol. The Balaban J connectivity index is 2.06. The second-order valence-electron chi connectivity index (χ2n) is 4.28. The Morgan fingerprint density at radius 1 is 1.39 bits per heavy atom. The first kappa shape index (κ1) is 12.8. The van der Waals surface area contributed by atoms with Gasteiger partial charge in [-0.25, -0.2) is 4.98 Å². The summed E-state index contributed by atoms with van der Waals surface area (Å²) in [6.45, 7) is 4.93. The third-order valence-corrected chi connectivity index (χ3v) is 2.87. The molecule has 0 aromatic carbocycles. The summed E-state index contributed by atoms with van der Waals surface area (Å²) in [6, 6.07) is 3.72. The maximum absolute atomic E-state index is 10.1. The third-order valence-electron chi connectivity index (χ3n) is 2.87. The highest BCUT2D eigenvalue weighted by atomic mass is 16.4. The highest BCUT2D eigenvalue weighted by Gasteiger charge is 2.16. The number of hydrogen-bond donors (Lipinski definition) is 1. The van der Waals surface area contributed by atoms with E-state index in [4.69, 9.17) is 4.42 Å². The quantitative estimate of drug-likeness (QED) is 0.851. The van der Waals surface area contributed by atoms with E-state index >= 15 is 0 Å². The van der Waals surface area contributed by atoms with Gasteiger partial charge in [0.1, 0.15) is 29.8 Å². The first-order valence-corrected chi connectivity index (χ1v) is 6.38. The van der Waals surface area contributed by atoms with Crippen LogP contribution in [0.3, 0.4) is 0 Å². The van der Waals surface area contributed by atoms with E-state index in [2.05, 4.69) is 17.0 Å². The molecular formula is C13H19N3O2. The highest BCUT2D eigenvalue weighted by Crippen LogP contribution is 2.20. The fraction of sp³-hybridized carbons (Fsp3) is 0.538. The molecule has 0 aliphatic rings. The summed E-state index contributed by atoms with van der Waals surface area (Å²) in [4.78, 5) is 4.18. The van der Waals surface area contributed by atoms with Crippen LogP contribution in [-0.4, -0.2) is 19.9 Å². The molecule has 0 spiro atoms. The van der Waals surface area contributed by atoms with Gasteiger partial charge in [-0.2, -0.15) is 5.10 Å². The smallest absolute Gasteiger partial charge is 0.138 e. The molecule has 2 rings (SSSR count). The minimum absolute atomic E-state index is 0.427. The molecule has 0 radical (unpaired) electrons. The maximum Gasteiger partial charge on any atom is 0.138 e. The van der Waals surface area contributed by atoms with Gasteiger partial charge >= 0.3 is 0 Å². The van der Waals surface area contributed by atoms with Crippen LogP contribution in [0.25, 0.3) is 0 Å². The van der Waals surface area contributed by atoms with E-state index in [0.717, 1.165) is 31.0 Å². The number of aliphatic hydroxyl groups excluding tert-OH is 1. The molecule has 2 heterocycles. The number of rotatable bonds is 6. The summed E-state index contributed by atoms with van der Waals surface area (Å²) in [5.41, 5.74) is 0. The van der Waals surface area contributed by atoms with Crippen molar-refractivity contribution in [3.05, 3.63) is 35.8 Å². The molecular weight excluding hydrogens is 230 g/mol. The number of aryl methyl sites for hydroxylation is 2. The van der Waals surface area contributed by atoms with Crippen LogP contribution in [-0.2, 0) is 19.4 Å². The van der Waals surface area contributed by atoms with Gasteiger partial charge in [-0.3, -0.25) is 4.68 Å². The fourth-order valence-corrected chi connectivity index (χ4v) is 1.88. The van der Waals surface area contributed by atoms with E-state index in [1.165, 1.54) is 6.33 Å². The number of aromatic nitrogens is 3. The summed E-state index contributed by atoms with van der Waals surface area (Å²) < 4.78 is 7.36. The van der Waals surface area contributed by atoms with Gasteiger partial charge in [-0.15, -0.1) is 0 Å². The molecule has 1 N–H and O–H groups in total. The molecule has 0 aliphatic carbocycles. The third kappa shape index (κ3) is 2.79. The largest absolute Gasteiger partial charge is 0.463 e. The predicted octanol–water partition coefficient (Wildman–Crippen LogP) is 2.12. The van der Waals surface area contributed by atoms with E-state index in [0.29, 0.717) is 12.2 Å². The maximum atomic E-state index is 10.1. The highest BCUT2D eigenvalue weighted by molar-refractivity contribution is 5.10. The van der Waals surface area contributed by atoms with Gasteiger partial charge in [0.15, 0.2) is 0 Å². The van der Waals surface area contributed by atoms with Crippen molar-refractivity contribution in [1.29, 1.82) is 0 Å². The average Bonchev–Trinajstić information content (AvgIpc) is 2.99. The number of hydrogen-bond acceptors (Lipinski definition) is 4. The summed E-state index contributed by atoms with van der Waals surface area (Å²) >= 11 is 0. The molecule has 5 heteroatoms. The van der Waals surface area contributed by atoms with E-state index in [9.17, 15) is 5.11 Å². The Morgan fingerprint density at radius 2 is 2.22 bits per heavy atom. The lowest BCUT2D eigenvalue weighted by Crippen LogP contribution is -2.10. The van der Waals surface area contributed by atoms with E-state index in [1.54, 1.807) is 0 Å². The second-order valence-corrected chi connectivity index (χ2v) is 4.28. The van der Waals surface area contributed by atoms with Crippen LogP contribution in [0.5, 0.6) is 0 Å². The van der Waals surface area contributed by atoms with Crippen LogP contribution < -0.4 is 0 Å². The first-order chi connectivity index (χ1) is 8.74. The molecule has 2 aromatic rings. The number of furan rings is 1. The van der Waals surface area contributed by atoms with Gasteiger partial charge in [-0.1, -0.05) is 13.8 Å². The van der Waals surface area contributed by atoms with Gasteiger partial charge in [0.2, 0.25) is 0 Å². The molecule has 0 amide bonds. The molecule has 0 saturated heterocycles. The van der Waals surface area contributed by atoms with Crippen molar-refractivity contribution in [3.63, 3.8) is 0 Å². The van der Waals surface area contributed by atoms with Crippen molar-refractivity contribution in [2.45, 2.75) is 45.8 Å². The zero-order chi connectivity index (χ0) is 13.0. The summed E-state index contributed by atoms with van der Waals surface area (Å²) in [5, 5.41) is 14.3. The van der Waals surface area contributed by atoms with Gasteiger partial charge in [0.25, 0.3) is 0 Å². The SMILES string of the molecule is CCCn1ncnc1CC(O)c1ccc(CC)o1. The Kier molecular flexibility index (Phi) is 4.15. The van der Waals surface area contributed by atoms with Crippen LogP contribution in [0.1, 0.15) is 43.7 Å². The summed E-state index contributed by atoms with van der Waals surface area (Å²) in [5.74, 6) is 2.27. The fourth-order valence-electron chi connectivity index (χ4n) is 1.88. The number of nitrogens with zero attached hydrogens (tertiary/aromatic N) is 3. The van der Waals surface area contributed by atoms with E-state index in [-0.39, 0.29) is 0 Å². The van der Waals surface area contributed by atoms with Crippen molar-refractivity contribution in [2.24, 2.45) is 0 Å². The minimum Gasteiger partial charge on any atom is -0.463 e. The van der Waals surface area contributed by atoms with Crippen LogP contribution in [0.2, 0.25) is 0 Å². The van der Waals surface area contributed by atoms with Crippen LogP contribution in [0, 0.1) is 0 Å². The molecule has 1 unspecified atom stereocenters. The van der Waals surface area contributed by atoms with Crippen molar-refractivity contribution < 1.29 is 9.52 Å². The van der Waals surface area contributed by atoms with Crippen molar-refractivity contribution >= 4 is 0 Å². The monoisotopic (exact) mass is 249 g/mol. The molecule has 5 nitrogen and oxygen atoms in total.